The molecule has 8 heteroatoms. The Morgan fingerprint density at radius 3 is 2.53 bits per heavy atom. The van der Waals surface area contributed by atoms with Crippen LogP contribution in [0.25, 0.3) is 16.7 Å². The molecule has 1 N–H and O–H groups in total. The van der Waals surface area contributed by atoms with Gasteiger partial charge in [0.2, 0.25) is 5.91 Å². The third-order valence-corrected chi connectivity index (χ3v) is 6.70. The second kappa shape index (κ2) is 8.70. The highest BCUT2D eigenvalue weighted by molar-refractivity contribution is 7.71. The number of likely N-dealkylation sites (tertiary alicyclic amines) is 1. The number of aromatic nitrogens is 5. The summed E-state index contributed by atoms with van der Waals surface area (Å²) in [5.74, 6) is 2.42. The van der Waals surface area contributed by atoms with Gasteiger partial charge in [-0.15, -0.1) is 0 Å². The van der Waals surface area contributed by atoms with E-state index in [2.05, 4.69) is 33.0 Å². The van der Waals surface area contributed by atoms with E-state index >= 15 is 0 Å². The third-order valence-electron chi connectivity index (χ3n) is 6.33. The minimum atomic E-state index is 0.186. The van der Waals surface area contributed by atoms with Crippen LogP contribution in [0.5, 0.6) is 0 Å². The SMILES string of the molecule is Cn1c(C2CCN(C(=O)CCc3nc4ccccc4n3-c3ccccc3)CC2)n[nH]c1=S. The maximum absolute atomic E-state index is 13.0. The molecule has 0 saturated carbocycles. The van der Waals surface area contributed by atoms with Crippen LogP contribution in [0, 0.1) is 4.77 Å². The zero-order valence-electron chi connectivity index (χ0n) is 18.1. The molecule has 1 aliphatic rings. The zero-order valence-corrected chi connectivity index (χ0v) is 18.9. The molecule has 0 aliphatic carbocycles. The van der Waals surface area contributed by atoms with Crippen LogP contribution >= 0.6 is 12.2 Å². The summed E-state index contributed by atoms with van der Waals surface area (Å²) in [6.45, 7) is 1.50. The van der Waals surface area contributed by atoms with Gasteiger partial charge in [-0.3, -0.25) is 14.5 Å². The molecular formula is C24H26N6OS. The van der Waals surface area contributed by atoms with Gasteiger partial charge in [0.05, 0.1) is 11.0 Å². The average Bonchev–Trinajstić information content (AvgIpc) is 3.37. The molecule has 1 fully saturated rings. The minimum Gasteiger partial charge on any atom is -0.343 e. The number of nitrogens with zero attached hydrogens (tertiary/aromatic N) is 5. The number of carbonyl (C=O) groups is 1. The van der Waals surface area contributed by atoms with E-state index < -0.39 is 0 Å². The van der Waals surface area contributed by atoms with Gasteiger partial charge >= 0.3 is 0 Å². The van der Waals surface area contributed by atoms with E-state index in [4.69, 9.17) is 17.2 Å². The normalized spacial score (nSPS) is 14.8. The number of carbonyl (C=O) groups excluding carboxylic acids is 1. The van der Waals surface area contributed by atoms with Crippen LogP contribution < -0.4 is 0 Å². The van der Waals surface area contributed by atoms with Crippen molar-refractivity contribution >= 4 is 29.2 Å². The lowest BCUT2D eigenvalue weighted by Crippen LogP contribution is -2.38. The number of imidazole rings is 1. The number of benzene rings is 2. The fourth-order valence-electron chi connectivity index (χ4n) is 4.60. The third kappa shape index (κ3) is 3.86. The van der Waals surface area contributed by atoms with Gasteiger partial charge in [0.25, 0.3) is 0 Å². The van der Waals surface area contributed by atoms with Gasteiger partial charge in [-0.1, -0.05) is 30.3 Å². The standard InChI is InChI=1S/C24H26N6OS/c1-28-23(26-27-24(28)32)17-13-15-29(16-14-17)22(31)12-11-21-25-19-9-5-6-10-20(19)30(21)18-7-3-2-4-8-18/h2-10,17H,11-16H2,1H3,(H,27,32). The van der Waals surface area contributed by atoms with Crippen LogP contribution in [0.15, 0.2) is 54.6 Å². The van der Waals surface area contributed by atoms with Crippen molar-refractivity contribution in [3.63, 3.8) is 0 Å². The number of amides is 1. The number of aryl methyl sites for hydroxylation is 1. The summed E-state index contributed by atoms with van der Waals surface area (Å²) in [5.41, 5.74) is 3.08. The monoisotopic (exact) mass is 446 g/mol. The molecule has 32 heavy (non-hydrogen) atoms. The summed E-state index contributed by atoms with van der Waals surface area (Å²) in [7, 11) is 1.94. The molecule has 0 radical (unpaired) electrons. The molecule has 7 nitrogen and oxygen atoms in total. The molecular weight excluding hydrogens is 420 g/mol. The molecule has 0 atom stereocenters. The van der Waals surface area contributed by atoms with Crippen LogP contribution in [-0.4, -0.2) is 48.2 Å². The minimum absolute atomic E-state index is 0.186. The van der Waals surface area contributed by atoms with Crippen LogP contribution in [0.3, 0.4) is 0 Å². The lowest BCUT2D eigenvalue weighted by atomic mass is 9.95. The Hall–Kier alpha value is -3.26. The first-order valence-electron chi connectivity index (χ1n) is 11.0. The first kappa shape index (κ1) is 20.6. The first-order valence-corrected chi connectivity index (χ1v) is 11.4. The smallest absolute Gasteiger partial charge is 0.223 e. The molecule has 1 saturated heterocycles. The van der Waals surface area contributed by atoms with E-state index in [-0.39, 0.29) is 5.91 Å². The number of fused-ring (bicyclic) bond motifs is 1. The lowest BCUT2D eigenvalue weighted by Gasteiger charge is -2.31. The van der Waals surface area contributed by atoms with Crippen molar-refractivity contribution in [3.8, 4) is 5.69 Å². The van der Waals surface area contributed by atoms with Crippen molar-refractivity contribution in [1.82, 2.24) is 29.2 Å². The second-order valence-electron chi connectivity index (χ2n) is 8.29. The molecule has 4 aromatic rings. The summed E-state index contributed by atoms with van der Waals surface area (Å²) in [4.78, 5) is 19.8. The van der Waals surface area contributed by atoms with Crippen LogP contribution in [0.4, 0.5) is 0 Å². The van der Waals surface area contributed by atoms with E-state index in [0.717, 1.165) is 54.3 Å². The quantitative estimate of drug-likeness (QED) is 0.468. The molecule has 1 aliphatic heterocycles. The van der Waals surface area contributed by atoms with Gasteiger partial charge in [-0.05, 0) is 49.3 Å². The van der Waals surface area contributed by atoms with Gasteiger partial charge in [-0.2, -0.15) is 5.10 Å². The molecule has 2 aromatic carbocycles. The Morgan fingerprint density at radius 2 is 1.81 bits per heavy atom. The summed E-state index contributed by atoms with van der Waals surface area (Å²) in [6.07, 6.45) is 2.87. The fraction of sp³-hybridized carbons (Fsp3) is 0.333. The summed E-state index contributed by atoms with van der Waals surface area (Å²) >= 11 is 5.23. The first-order chi connectivity index (χ1) is 15.6. The highest BCUT2D eigenvalue weighted by atomic mass is 32.1. The lowest BCUT2D eigenvalue weighted by molar-refractivity contribution is -0.132. The number of nitrogens with one attached hydrogen (secondary N) is 1. The topological polar surface area (TPSA) is 71.7 Å². The molecule has 1 amide bonds. The molecule has 5 rings (SSSR count). The highest BCUT2D eigenvalue weighted by Gasteiger charge is 2.26. The number of hydrogen-bond donors (Lipinski definition) is 1. The van der Waals surface area contributed by atoms with Crippen molar-refractivity contribution in [1.29, 1.82) is 0 Å². The Morgan fingerprint density at radius 1 is 1.09 bits per heavy atom. The maximum Gasteiger partial charge on any atom is 0.223 e. The van der Waals surface area contributed by atoms with Crippen LogP contribution in [-0.2, 0) is 18.3 Å². The predicted octanol–water partition coefficient (Wildman–Crippen LogP) is 4.16. The fourth-order valence-corrected chi connectivity index (χ4v) is 4.74. The van der Waals surface area contributed by atoms with Gasteiger partial charge in [0.15, 0.2) is 4.77 Å². The Bertz CT molecular complexity index is 1300. The molecule has 0 spiro atoms. The van der Waals surface area contributed by atoms with Crippen molar-refractivity contribution in [2.24, 2.45) is 7.05 Å². The molecule has 3 heterocycles. The van der Waals surface area contributed by atoms with Gasteiger partial charge in [0.1, 0.15) is 11.6 Å². The van der Waals surface area contributed by atoms with Gasteiger partial charge < -0.3 is 9.47 Å². The number of aromatic amines is 1. The molecule has 164 valence electrons. The van der Waals surface area contributed by atoms with Crippen LogP contribution in [0.2, 0.25) is 0 Å². The number of para-hydroxylation sites is 3. The highest BCUT2D eigenvalue weighted by Crippen LogP contribution is 2.27. The van der Waals surface area contributed by atoms with Gasteiger partial charge in [-0.25, -0.2) is 4.98 Å². The number of rotatable bonds is 5. The van der Waals surface area contributed by atoms with Crippen molar-refractivity contribution in [3.05, 3.63) is 71.0 Å². The maximum atomic E-state index is 13.0. The molecule has 0 unspecified atom stereocenters. The van der Waals surface area contributed by atoms with Crippen LogP contribution in [0.1, 0.15) is 36.8 Å². The van der Waals surface area contributed by atoms with Crippen molar-refractivity contribution in [2.45, 2.75) is 31.6 Å². The number of piperidine rings is 1. The largest absolute Gasteiger partial charge is 0.343 e. The van der Waals surface area contributed by atoms with E-state index in [1.54, 1.807) is 0 Å². The van der Waals surface area contributed by atoms with E-state index in [0.29, 0.717) is 23.5 Å². The second-order valence-corrected chi connectivity index (χ2v) is 8.68. The Labute approximate surface area is 191 Å². The van der Waals surface area contributed by atoms with E-state index in [9.17, 15) is 4.79 Å². The number of H-pyrrole nitrogens is 1. The summed E-state index contributed by atoms with van der Waals surface area (Å²) in [6, 6.07) is 18.3. The van der Waals surface area contributed by atoms with Gasteiger partial charge in [0, 0.05) is 44.6 Å². The summed E-state index contributed by atoms with van der Waals surface area (Å²) in [5, 5.41) is 7.24. The zero-order chi connectivity index (χ0) is 22.1. The van der Waals surface area contributed by atoms with Crippen molar-refractivity contribution < 1.29 is 4.79 Å². The number of hydrogen-bond acceptors (Lipinski definition) is 4. The van der Waals surface area contributed by atoms with Crippen molar-refractivity contribution in [2.75, 3.05) is 13.1 Å². The molecule has 2 aromatic heterocycles. The Balaban J connectivity index is 1.28. The predicted molar refractivity (Wildman–Crippen MR) is 126 cm³/mol. The summed E-state index contributed by atoms with van der Waals surface area (Å²) < 4.78 is 4.74. The van der Waals surface area contributed by atoms with E-state index in [1.807, 2.05) is 52.9 Å². The molecule has 0 bridgehead atoms. The van der Waals surface area contributed by atoms with E-state index in [1.165, 1.54) is 0 Å². The Kier molecular flexibility index (Phi) is 5.61. The average molecular weight is 447 g/mol.